The quantitative estimate of drug-likeness (QED) is 0.754. The number of aromatic nitrogens is 4. The second-order valence-electron chi connectivity index (χ2n) is 3.91. The number of hydrogen-bond donors (Lipinski definition) is 1. The third-order valence-electron chi connectivity index (χ3n) is 2.49. The van der Waals surface area contributed by atoms with Gasteiger partial charge in [-0.2, -0.15) is 19.9 Å². The smallest absolute Gasteiger partial charge is 0.346 e. The molecule has 0 amide bonds. The molecule has 10 nitrogen and oxygen atoms in total. The SMILES string of the molecule is COc1cc(OC)nc(Cl)n1.COc1nc(Cl)nc(OC)c1C(=O)O. The summed E-state index contributed by atoms with van der Waals surface area (Å²) in [6.45, 7) is 0. The van der Waals surface area contributed by atoms with E-state index in [-0.39, 0.29) is 27.9 Å². The van der Waals surface area contributed by atoms with Crippen molar-refractivity contribution in [3.63, 3.8) is 0 Å². The molecule has 0 aliphatic heterocycles. The fourth-order valence-corrected chi connectivity index (χ4v) is 1.78. The summed E-state index contributed by atoms with van der Waals surface area (Å²) in [5.41, 5.74) is -0.251. The largest absolute Gasteiger partial charge is 0.481 e. The van der Waals surface area contributed by atoms with Gasteiger partial charge in [-0.1, -0.05) is 0 Å². The first-order valence-corrected chi connectivity index (χ1v) is 7.13. The summed E-state index contributed by atoms with van der Waals surface area (Å²) >= 11 is 11.0. The Balaban J connectivity index is 0.000000257. The van der Waals surface area contributed by atoms with Crippen LogP contribution in [-0.4, -0.2) is 59.5 Å². The van der Waals surface area contributed by atoms with Crippen molar-refractivity contribution in [1.82, 2.24) is 19.9 Å². The van der Waals surface area contributed by atoms with Gasteiger partial charge in [0.05, 0.1) is 34.5 Å². The molecule has 0 radical (unpaired) electrons. The van der Waals surface area contributed by atoms with Gasteiger partial charge in [-0.3, -0.25) is 0 Å². The summed E-state index contributed by atoms with van der Waals surface area (Å²) in [6, 6.07) is 1.55. The van der Waals surface area contributed by atoms with Gasteiger partial charge in [-0.15, -0.1) is 0 Å². The maximum Gasteiger partial charge on any atom is 0.346 e. The highest BCUT2D eigenvalue weighted by Gasteiger charge is 2.21. The van der Waals surface area contributed by atoms with Gasteiger partial charge in [-0.05, 0) is 23.2 Å². The van der Waals surface area contributed by atoms with Crippen LogP contribution in [0.1, 0.15) is 10.4 Å². The van der Waals surface area contributed by atoms with Crippen LogP contribution in [0.5, 0.6) is 23.5 Å². The number of carbonyl (C=O) groups is 1. The molecule has 136 valence electrons. The number of nitrogens with zero attached hydrogens (tertiary/aromatic N) is 4. The van der Waals surface area contributed by atoms with Crippen molar-refractivity contribution >= 4 is 29.2 Å². The Morgan fingerprint density at radius 3 is 1.56 bits per heavy atom. The minimum Gasteiger partial charge on any atom is -0.481 e. The van der Waals surface area contributed by atoms with Gasteiger partial charge >= 0.3 is 5.97 Å². The topological polar surface area (TPSA) is 126 Å². The van der Waals surface area contributed by atoms with Gasteiger partial charge in [0.25, 0.3) is 0 Å². The van der Waals surface area contributed by atoms with Crippen LogP contribution in [0, 0.1) is 0 Å². The summed E-state index contributed by atoms with van der Waals surface area (Å²) in [5.74, 6) is -0.720. The maximum atomic E-state index is 10.8. The van der Waals surface area contributed by atoms with E-state index in [0.29, 0.717) is 11.8 Å². The van der Waals surface area contributed by atoms with E-state index in [4.69, 9.17) is 47.3 Å². The third kappa shape index (κ3) is 5.76. The monoisotopic (exact) mass is 392 g/mol. The third-order valence-corrected chi connectivity index (χ3v) is 2.82. The van der Waals surface area contributed by atoms with Gasteiger partial charge in [0.2, 0.25) is 34.1 Å². The lowest BCUT2D eigenvalue weighted by Crippen LogP contribution is -2.07. The minimum atomic E-state index is -1.24. The molecule has 0 atom stereocenters. The first-order chi connectivity index (χ1) is 11.9. The van der Waals surface area contributed by atoms with Crippen molar-refractivity contribution in [3.8, 4) is 23.5 Å². The van der Waals surface area contributed by atoms with Crippen molar-refractivity contribution in [2.24, 2.45) is 0 Å². The zero-order valence-corrected chi connectivity index (χ0v) is 15.1. The molecule has 1 N–H and O–H groups in total. The number of carboxylic acids is 1. The number of methoxy groups -OCH3 is 4. The maximum absolute atomic E-state index is 10.8. The first kappa shape index (κ1) is 20.5. The van der Waals surface area contributed by atoms with E-state index >= 15 is 0 Å². The molecule has 0 bridgehead atoms. The van der Waals surface area contributed by atoms with Gasteiger partial charge in [-0.25, -0.2) is 4.79 Å². The van der Waals surface area contributed by atoms with Crippen LogP contribution in [-0.2, 0) is 0 Å². The molecule has 2 aromatic heterocycles. The standard InChI is InChI=1S/C7H7ClN2O4.C6H7ClN2O2/c1-13-4-3(6(11)12)5(14-2)10-7(8)9-4;1-10-4-3-5(11-2)9-6(7)8-4/h1-2H3,(H,11,12);3H,1-2H3. The number of hydrogen-bond acceptors (Lipinski definition) is 9. The van der Waals surface area contributed by atoms with E-state index in [1.165, 1.54) is 28.4 Å². The van der Waals surface area contributed by atoms with E-state index in [2.05, 4.69) is 19.9 Å². The summed E-state index contributed by atoms with van der Waals surface area (Å²) in [4.78, 5) is 25.5. The van der Waals surface area contributed by atoms with Crippen LogP contribution in [0.2, 0.25) is 10.6 Å². The average molecular weight is 393 g/mol. The van der Waals surface area contributed by atoms with Gasteiger partial charge in [0.15, 0.2) is 5.56 Å². The van der Waals surface area contributed by atoms with Gasteiger partial charge < -0.3 is 24.1 Å². The van der Waals surface area contributed by atoms with Crippen LogP contribution >= 0.6 is 23.2 Å². The predicted octanol–water partition coefficient (Wildman–Crippen LogP) is 1.99. The van der Waals surface area contributed by atoms with Crippen LogP contribution in [0.25, 0.3) is 0 Å². The highest BCUT2D eigenvalue weighted by Crippen LogP contribution is 2.26. The van der Waals surface area contributed by atoms with E-state index < -0.39 is 5.97 Å². The normalized spacial score (nSPS) is 9.52. The predicted molar refractivity (Wildman–Crippen MR) is 87.3 cm³/mol. The highest BCUT2D eigenvalue weighted by molar-refractivity contribution is 6.28. The van der Waals surface area contributed by atoms with Crippen molar-refractivity contribution in [2.45, 2.75) is 0 Å². The van der Waals surface area contributed by atoms with Crippen LogP contribution in [0.3, 0.4) is 0 Å². The molecule has 0 saturated carbocycles. The fourth-order valence-electron chi connectivity index (χ4n) is 1.46. The Kier molecular flexibility index (Phi) is 7.89. The van der Waals surface area contributed by atoms with E-state index in [0.717, 1.165) is 0 Å². The molecule has 0 unspecified atom stereocenters. The molecule has 12 heteroatoms. The molecule has 0 aliphatic carbocycles. The molecule has 2 rings (SSSR count). The number of ether oxygens (including phenoxy) is 4. The Labute approximate surface area is 152 Å². The Bertz CT molecular complexity index is 699. The zero-order chi connectivity index (χ0) is 19.0. The molecular formula is C13H14Cl2N4O6. The van der Waals surface area contributed by atoms with Crippen LogP contribution < -0.4 is 18.9 Å². The number of rotatable bonds is 5. The van der Waals surface area contributed by atoms with Crippen molar-refractivity contribution in [3.05, 3.63) is 22.2 Å². The fraction of sp³-hybridized carbons (Fsp3) is 0.308. The second kappa shape index (κ2) is 9.64. The molecule has 0 aromatic carbocycles. The van der Waals surface area contributed by atoms with E-state index in [1.807, 2.05) is 0 Å². The molecule has 0 aliphatic rings. The van der Waals surface area contributed by atoms with Crippen molar-refractivity contribution in [1.29, 1.82) is 0 Å². The lowest BCUT2D eigenvalue weighted by atomic mass is 10.3. The summed E-state index contributed by atoms with van der Waals surface area (Å²) in [6.07, 6.45) is 0. The van der Waals surface area contributed by atoms with Crippen LogP contribution in [0.15, 0.2) is 6.07 Å². The Morgan fingerprint density at radius 2 is 1.24 bits per heavy atom. The molecule has 2 heterocycles. The van der Waals surface area contributed by atoms with Gasteiger partial charge in [0.1, 0.15) is 0 Å². The summed E-state index contributed by atoms with van der Waals surface area (Å²) < 4.78 is 19.1. The first-order valence-electron chi connectivity index (χ1n) is 6.37. The molecule has 0 saturated heterocycles. The average Bonchev–Trinajstić information content (AvgIpc) is 2.60. The molecule has 25 heavy (non-hydrogen) atoms. The van der Waals surface area contributed by atoms with Crippen molar-refractivity contribution < 1.29 is 28.8 Å². The van der Waals surface area contributed by atoms with E-state index in [1.54, 1.807) is 6.07 Å². The van der Waals surface area contributed by atoms with Crippen LogP contribution in [0.4, 0.5) is 0 Å². The Hall–Kier alpha value is -2.59. The van der Waals surface area contributed by atoms with Crippen molar-refractivity contribution in [2.75, 3.05) is 28.4 Å². The molecule has 0 fully saturated rings. The number of halogens is 2. The van der Waals surface area contributed by atoms with E-state index in [9.17, 15) is 4.79 Å². The highest BCUT2D eigenvalue weighted by atomic mass is 35.5. The Morgan fingerprint density at radius 1 is 0.840 bits per heavy atom. The minimum absolute atomic E-state index is 0.112. The lowest BCUT2D eigenvalue weighted by Gasteiger charge is -2.07. The summed E-state index contributed by atoms with van der Waals surface area (Å²) in [5, 5.41) is 8.79. The number of carboxylic acid groups (broad SMARTS) is 1. The molecule has 2 aromatic rings. The number of aromatic carboxylic acids is 1. The molecular weight excluding hydrogens is 379 g/mol. The zero-order valence-electron chi connectivity index (χ0n) is 13.6. The molecule has 0 spiro atoms. The second-order valence-corrected chi connectivity index (χ2v) is 4.59. The van der Waals surface area contributed by atoms with Gasteiger partial charge in [0, 0.05) is 0 Å². The lowest BCUT2D eigenvalue weighted by molar-refractivity contribution is 0.0687. The summed E-state index contributed by atoms with van der Waals surface area (Å²) in [7, 11) is 5.56.